The molecule has 1 unspecified atom stereocenters. The fourth-order valence-corrected chi connectivity index (χ4v) is 2.90. The molecule has 0 aliphatic carbocycles. The van der Waals surface area contributed by atoms with Crippen molar-refractivity contribution in [3.05, 3.63) is 34.1 Å². The van der Waals surface area contributed by atoms with Crippen molar-refractivity contribution in [2.75, 3.05) is 47.1 Å². The number of halogens is 2. The Labute approximate surface area is 134 Å². The fraction of sp³-hybridized carbons (Fsp3) is 0.600. The van der Waals surface area contributed by atoms with Gasteiger partial charge in [-0.05, 0) is 24.1 Å². The van der Waals surface area contributed by atoms with E-state index in [1.165, 1.54) is 12.1 Å². The van der Waals surface area contributed by atoms with E-state index >= 15 is 0 Å². The normalized spacial score (nSPS) is 12.9. The Morgan fingerprint density at radius 1 is 1.24 bits per heavy atom. The monoisotopic (exact) mass is 362 g/mol. The maximum Gasteiger partial charge on any atom is 0.124 e. The first kappa shape index (κ1) is 18.5. The molecule has 0 aliphatic rings. The number of nitrogens with two attached hydrogens (primary N) is 1. The van der Waals surface area contributed by atoms with E-state index < -0.39 is 0 Å². The van der Waals surface area contributed by atoms with Gasteiger partial charge in [-0.15, -0.1) is 0 Å². The molecule has 0 aromatic heterocycles. The Hall–Kier alpha value is -0.530. The number of rotatable bonds is 10. The van der Waals surface area contributed by atoms with Gasteiger partial charge in [0, 0.05) is 51.0 Å². The molecule has 120 valence electrons. The summed E-state index contributed by atoms with van der Waals surface area (Å²) in [6, 6.07) is 4.74. The Morgan fingerprint density at radius 2 is 1.95 bits per heavy atom. The van der Waals surface area contributed by atoms with Crippen LogP contribution in [0.2, 0.25) is 0 Å². The van der Waals surface area contributed by atoms with Crippen LogP contribution in [0.3, 0.4) is 0 Å². The van der Waals surface area contributed by atoms with Gasteiger partial charge in [0.25, 0.3) is 0 Å². The summed E-state index contributed by atoms with van der Waals surface area (Å²) < 4.78 is 24.3. The second-order valence-electron chi connectivity index (χ2n) is 4.79. The molecule has 1 aromatic carbocycles. The standard InChI is InChI=1S/C15H24BrFN2O2/c1-20-8-3-6-19(7-9-21-2)15(11-18)13-5-4-12(17)10-14(13)16/h4-5,10,15H,3,6-9,11,18H2,1-2H3. The third-order valence-electron chi connectivity index (χ3n) is 3.36. The SMILES string of the molecule is COCCCN(CCOC)C(CN)c1ccc(F)cc1Br. The smallest absolute Gasteiger partial charge is 0.124 e. The van der Waals surface area contributed by atoms with Gasteiger partial charge in [-0.3, -0.25) is 4.90 Å². The van der Waals surface area contributed by atoms with E-state index in [4.69, 9.17) is 15.2 Å². The van der Waals surface area contributed by atoms with E-state index in [2.05, 4.69) is 20.8 Å². The maximum absolute atomic E-state index is 13.3. The molecule has 1 aromatic rings. The number of ether oxygens (including phenoxy) is 2. The number of hydrogen-bond acceptors (Lipinski definition) is 4. The quantitative estimate of drug-likeness (QED) is 0.649. The van der Waals surface area contributed by atoms with Crippen molar-refractivity contribution < 1.29 is 13.9 Å². The zero-order valence-electron chi connectivity index (χ0n) is 12.6. The summed E-state index contributed by atoms with van der Waals surface area (Å²) in [6.45, 7) is 3.41. The Morgan fingerprint density at radius 3 is 2.52 bits per heavy atom. The number of hydrogen-bond donors (Lipinski definition) is 1. The second-order valence-corrected chi connectivity index (χ2v) is 5.65. The van der Waals surface area contributed by atoms with Crippen LogP contribution in [0.5, 0.6) is 0 Å². The molecule has 0 aliphatic heterocycles. The summed E-state index contributed by atoms with van der Waals surface area (Å²) in [5.74, 6) is -0.260. The predicted molar refractivity (Wildman–Crippen MR) is 85.8 cm³/mol. The van der Waals surface area contributed by atoms with E-state index in [0.29, 0.717) is 19.8 Å². The van der Waals surface area contributed by atoms with Gasteiger partial charge in [-0.1, -0.05) is 22.0 Å². The Balaban J connectivity index is 2.87. The van der Waals surface area contributed by atoms with Gasteiger partial charge in [-0.25, -0.2) is 4.39 Å². The summed E-state index contributed by atoms with van der Waals surface area (Å²) >= 11 is 3.43. The van der Waals surface area contributed by atoms with Crippen LogP contribution >= 0.6 is 15.9 Å². The van der Waals surface area contributed by atoms with Crippen LogP contribution in [0.1, 0.15) is 18.0 Å². The first-order chi connectivity index (χ1) is 10.1. The molecule has 0 spiro atoms. The summed E-state index contributed by atoms with van der Waals surface area (Å²) in [5.41, 5.74) is 6.95. The third kappa shape index (κ3) is 6.00. The van der Waals surface area contributed by atoms with Gasteiger partial charge >= 0.3 is 0 Å². The van der Waals surface area contributed by atoms with Gasteiger partial charge in [0.15, 0.2) is 0 Å². The van der Waals surface area contributed by atoms with Gasteiger partial charge < -0.3 is 15.2 Å². The molecule has 0 fully saturated rings. The average Bonchev–Trinajstić information content (AvgIpc) is 2.46. The lowest BCUT2D eigenvalue weighted by atomic mass is 10.0. The number of methoxy groups -OCH3 is 2. The molecule has 0 radical (unpaired) electrons. The molecule has 4 nitrogen and oxygen atoms in total. The van der Waals surface area contributed by atoms with Crippen LogP contribution in [-0.2, 0) is 9.47 Å². The molecule has 1 atom stereocenters. The zero-order valence-corrected chi connectivity index (χ0v) is 14.2. The highest BCUT2D eigenvalue weighted by Crippen LogP contribution is 2.28. The topological polar surface area (TPSA) is 47.7 Å². The molecule has 0 heterocycles. The van der Waals surface area contributed by atoms with Gasteiger partial charge in [0.2, 0.25) is 0 Å². The lowest BCUT2D eigenvalue weighted by Gasteiger charge is -2.31. The summed E-state index contributed by atoms with van der Waals surface area (Å²) in [6.07, 6.45) is 0.912. The van der Waals surface area contributed by atoms with Crippen molar-refractivity contribution in [2.45, 2.75) is 12.5 Å². The highest BCUT2D eigenvalue weighted by molar-refractivity contribution is 9.10. The van der Waals surface area contributed by atoms with Crippen molar-refractivity contribution >= 4 is 15.9 Å². The minimum absolute atomic E-state index is 0.0204. The highest BCUT2D eigenvalue weighted by Gasteiger charge is 2.21. The van der Waals surface area contributed by atoms with Crippen LogP contribution in [0, 0.1) is 5.82 Å². The lowest BCUT2D eigenvalue weighted by Crippen LogP contribution is -2.37. The first-order valence-electron chi connectivity index (χ1n) is 7.01. The van der Waals surface area contributed by atoms with Gasteiger partial charge in [0.1, 0.15) is 5.82 Å². The van der Waals surface area contributed by atoms with E-state index in [0.717, 1.165) is 29.5 Å². The van der Waals surface area contributed by atoms with Crippen molar-refractivity contribution in [1.82, 2.24) is 4.90 Å². The van der Waals surface area contributed by atoms with E-state index in [1.807, 2.05) is 0 Å². The minimum Gasteiger partial charge on any atom is -0.385 e. The number of nitrogens with zero attached hydrogens (tertiary/aromatic N) is 1. The second kappa shape index (κ2) is 10.2. The van der Waals surface area contributed by atoms with Gasteiger partial charge in [-0.2, -0.15) is 0 Å². The molecule has 21 heavy (non-hydrogen) atoms. The molecule has 1 rings (SSSR count). The summed E-state index contributed by atoms with van der Waals surface area (Å²) in [5, 5.41) is 0. The van der Waals surface area contributed by atoms with Crippen LogP contribution in [0.15, 0.2) is 22.7 Å². The summed E-state index contributed by atoms with van der Waals surface area (Å²) in [7, 11) is 3.37. The van der Waals surface area contributed by atoms with E-state index in [-0.39, 0.29) is 11.9 Å². The van der Waals surface area contributed by atoms with Crippen LogP contribution < -0.4 is 5.73 Å². The van der Waals surface area contributed by atoms with E-state index in [1.54, 1.807) is 20.3 Å². The Bertz CT molecular complexity index is 421. The van der Waals surface area contributed by atoms with Crippen LogP contribution in [-0.4, -0.2) is 52.0 Å². The molecular formula is C15H24BrFN2O2. The van der Waals surface area contributed by atoms with Crippen LogP contribution in [0.4, 0.5) is 4.39 Å². The lowest BCUT2D eigenvalue weighted by molar-refractivity contribution is 0.108. The zero-order chi connectivity index (χ0) is 15.7. The average molecular weight is 363 g/mol. The van der Waals surface area contributed by atoms with Crippen molar-refractivity contribution in [2.24, 2.45) is 5.73 Å². The molecular weight excluding hydrogens is 339 g/mol. The largest absolute Gasteiger partial charge is 0.385 e. The molecule has 0 saturated heterocycles. The molecule has 0 bridgehead atoms. The first-order valence-corrected chi connectivity index (χ1v) is 7.80. The summed E-state index contributed by atoms with van der Waals surface area (Å²) in [4.78, 5) is 2.25. The van der Waals surface area contributed by atoms with E-state index in [9.17, 15) is 4.39 Å². The molecule has 0 saturated carbocycles. The molecule has 0 amide bonds. The number of benzene rings is 1. The van der Waals surface area contributed by atoms with Crippen LogP contribution in [0.25, 0.3) is 0 Å². The predicted octanol–water partition coefficient (Wildman–Crippen LogP) is 2.57. The van der Waals surface area contributed by atoms with Gasteiger partial charge in [0.05, 0.1) is 6.61 Å². The fourth-order valence-electron chi connectivity index (χ4n) is 2.29. The maximum atomic E-state index is 13.3. The molecule has 6 heteroatoms. The minimum atomic E-state index is -0.260. The van der Waals surface area contributed by atoms with Crippen molar-refractivity contribution in [3.63, 3.8) is 0 Å². The third-order valence-corrected chi connectivity index (χ3v) is 4.05. The van der Waals surface area contributed by atoms with Crippen molar-refractivity contribution in [3.8, 4) is 0 Å². The molecule has 2 N–H and O–H groups in total. The highest BCUT2D eigenvalue weighted by atomic mass is 79.9. The van der Waals surface area contributed by atoms with Crippen molar-refractivity contribution in [1.29, 1.82) is 0 Å². The Kier molecular flexibility index (Phi) is 9.03.